The maximum absolute atomic E-state index is 11.9. The summed E-state index contributed by atoms with van der Waals surface area (Å²) in [5, 5.41) is 5.78. The number of hydrogen-bond donors (Lipinski definition) is 2. The first-order valence-corrected chi connectivity index (χ1v) is 7.04. The summed E-state index contributed by atoms with van der Waals surface area (Å²) >= 11 is 7.38. The molecule has 0 unspecified atom stereocenters. The summed E-state index contributed by atoms with van der Waals surface area (Å²) in [5.74, 6) is 0.583. The number of amides is 1. The lowest BCUT2D eigenvalue weighted by atomic mass is 10.2. The van der Waals surface area contributed by atoms with Crippen LogP contribution >= 0.6 is 22.9 Å². The van der Waals surface area contributed by atoms with Gasteiger partial charge in [-0.2, -0.15) is 0 Å². The van der Waals surface area contributed by atoms with Crippen LogP contribution in [0, 0.1) is 0 Å². The Balaban J connectivity index is 1.87. The van der Waals surface area contributed by atoms with Crippen LogP contribution in [0.2, 0.25) is 4.34 Å². The van der Waals surface area contributed by atoms with Gasteiger partial charge in [-0.15, -0.1) is 11.3 Å². The number of carbonyl (C=O) groups is 1. The summed E-state index contributed by atoms with van der Waals surface area (Å²) in [6.07, 6.45) is 2.40. The molecule has 0 fully saturated rings. The Bertz CT molecular complexity index is 571. The lowest BCUT2D eigenvalue weighted by Gasteiger charge is -2.05. The molecule has 0 aromatic carbocycles. The van der Waals surface area contributed by atoms with Crippen molar-refractivity contribution in [3.05, 3.63) is 45.2 Å². The van der Waals surface area contributed by atoms with Gasteiger partial charge >= 0.3 is 0 Å². The third-order valence-corrected chi connectivity index (χ3v) is 3.86. The van der Waals surface area contributed by atoms with Crippen molar-refractivity contribution >= 4 is 34.7 Å². The van der Waals surface area contributed by atoms with Gasteiger partial charge < -0.3 is 10.6 Å². The van der Waals surface area contributed by atoms with E-state index >= 15 is 0 Å². The fourth-order valence-electron chi connectivity index (χ4n) is 1.60. The van der Waals surface area contributed by atoms with Gasteiger partial charge in [0.2, 0.25) is 0 Å². The van der Waals surface area contributed by atoms with Gasteiger partial charge in [0, 0.05) is 30.2 Å². The largest absolute Gasteiger partial charge is 0.373 e. The Hall–Kier alpha value is -1.59. The molecule has 0 aliphatic carbocycles. The van der Waals surface area contributed by atoms with E-state index in [4.69, 9.17) is 11.6 Å². The molecular formula is C13H14ClN3OS. The van der Waals surface area contributed by atoms with Crippen LogP contribution in [0.15, 0.2) is 30.5 Å². The van der Waals surface area contributed by atoms with Crippen LogP contribution in [0.3, 0.4) is 0 Å². The third kappa shape index (κ3) is 3.94. The topological polar surface area (TPSA) is 54.0 Å². The van der Waals surface area contributed by atoms with Crippen LogP contribution in [0.1, 0.15) is 15.2 Å². The van der Waals surface area contributed by atoms with Crippen LogP contribution in [0.25, 0.3) is 0 Å². The molecule has 2 rings (SSSR count). The minimum Gasteiger partial charge on any atom is -0.373 e. The van der Waals surface area contributed by atoms with Gasteiger partial charge in [0.15, 0.2) is 0 Å². The maximum atomic E-state index is 11.9. The van der Waals surface area contributed by atoms with E-state index in [1.807, 2.05) is 12.1 Å². The van der Waals surface area contributed by atoms with Crippen molar-refractivity contribution in [2.75, 3.05) is 18.9 Å². The predicted molar refractivity (Wildman–Crippen MR) is 79.1 cm³/mol. The van der Waals surface area contributed by atoms with E-state index in [-0.39, 0.29) is 5.91 Å². The van der Waals surface area contributed by atoms with E-state index in [0.717, 1.165) is 15.6 Å². The third-order valence-electron chi connectivity index (χ3n) is 2.56. The van der Waals surface area contributed by atoms with Crippen molar-refractivity contribution in [1.82, 2.24) is 10.3 Å². The molecule has 6 heteroatoms. The smallest absolute Gasteiger partial charge is 0.251 e. The first-order valence-electron chi connectivity index (χ1n) is 5.85. The van der Waals surface area contributed by atoms with Gasteiger partial charge in [0.25, 0.3) is 5.91 Å². The molecule has 2 heterocycles. The number of pyridine rings is 1. The number of rotatable bonds is 5. The summed E-state index contributed by atoms with van der Waals surface area (Å²) in [7, 11) is 1.77. The predicted octanol–water partition coefficient (Wildman–Crippen LogP) is 2.81. The Kier molecular flexibility index (Phi) is 4.76. The number of hydrogen-bond acceptors (Lipinski definition) is 4. The van der Waals surface area contributed by atoms with Crippen LogP contribution < -0.4 is 10.6 Å². The lowest BCUT2D eigenvalue weighted by molar-refractivity contribution is 0.0954. The van der Waals surface area contributed by atoms with E-state index in [1.54, 1.807) is 25.4 Å². The molecule has 0 aliphatic heterocycles. The van der Waals surface area contributed by atoms with Gasteiger partial charge in [-0.05, 0) is 30.7 Å². The highest BCUT2D eigenvalue weighted by atomic mass is 35.5. The zero-order valence-corrected chi connectivity index (χ0v) is 12.0. The number of nitrogens with one attached hydrogen (secondary N) is 2. The van der Waals surface area contributed by atoms with Crippen molar-refractivity contribution in [2.24, 2.45) is 0 Å². The first kappa shape index (κ1) is 13.8. The van der Waals surface area contributed by atoms with Crippen molar-refractivity contribution < 1.29 is 4.79 Å². The molecule has 0 atom stereocenters. The normalized spacial score (nSPS) is 10.2. The number of nitrogens with zero attached hydrogens (tertiary/aromatic N) is 1. The number of anilines is 1. The second kappa shape index (κ2) is 6.54. The zero-order valence-electron chi connectivity index (χ0n) is 10.4. The summed E-state index contributed by atoms with van der Waals surface area (Å²) < 4.78 is 0.772. The molecule has 2 aromatic heterocycles. The molecule has 0 saturated heterocycles. The highest BCUT2D eigenvalue weighted by molar-refractivity contribution is 7.16. The summed E-state index contributed by atoms with van der Waals surface area (Å²) in [6, 6.07) is 7.26. The average molecular weight is 296 g/mol. The molecule has 2 N–H and O–H groups in total. The van der Waals surface area contributed by atoms with Gasteiger partial charge in [0.05, 0.1) is 4.34 Å². The molecule has 19 heavy (non-hydrogen) atoms. The van der Waals surface area contributed by atoms with Crippen molar-refractivity contribution in [1.29, 1.82) is 0 Å². The Morgan fingerprint density at radius 1 is 1.42 bits per heavy atom. The number of halogens is 1. The van der Waals surface area contributed by atoms with E-state index in [1.165, 1.54) is 11.3 Å². The molecule has 2 aromatic rings. The minimum absolute atomic E-state index is 0.0958. The summed E-state index contributed by atoms with van der Waals surface area (Å²) in [5.41, 5.74) is 0.601. The second-order valence-electron chi connectivity index (χ2n) is 3.89. The minimum atomic E-state index is -0.0958. The van der Waals surface area contributed by atoms with Crippen molar-refractivity contribution in [3.63, 3.8) is 0 Å². The summed E-state index contributed by atoms with van der Waals surface area (Å²) in [6.45, 7) is 0.590. The highest BCUT2D eigenvalue weighted by Crippen LogP contribution is 2.21. The van der Waals surface area contributed by atoms with Gasteiger partial charge in [0.1, 0.15) is 5.82 Å². The molecule has 0 spiro atoms. The Labute approximate surface area is 120 Å². The van der Waals surface area contributed by atoms with E-state index in [2.05, 4.69) is 15.6 Å². The first-order chi connectivity index (χ1) is 9.19. The van der Waals surface area contributed by atoms with Crippen LogP contribution in [0.5, 0.6) is 0 Å². The quantitative estimate of drug-likeness (QED) is 0.892. The SMILES string of the molecule is CNc1cc(C(=O)NCCc2ccc(Cl)s2)ccn1. The molecule has 0 saturated carbocycles. The Morgan fingerprint density at radius 3 is 2.95 bits per heavy atom. The van der Waals surface area contributed by atoms with E-state index in [0.29, 0.717) is 17.9 Å². The standard InChI is InChI=1S/C13H14ClN3OS/c1-15-12-8-9(4-6-16-12)13(18)17-7-5-10-2-3-11(14)19-10/h2-4,6,8H,5,7H2,1H3,(H,15,16)(H,17,18). The fraction of sp³-hybridized carbons (Fsp3) is 0.231. The molecule has 0 aliphatic rings. The second-order valence-corrected chi connectivity index (χ2v) is 5.69. The molecule has 100 valence electrons. The zero-order chi connectivity index (χ0) is 13.7. The van der Waals surface area contributed by atoms with Gasteiger partial charge in [-0.25, -0.2) is 4.98 Å². The number of aromatic nitrogens is 1. The molecule has 0 bridgehead atoms. The van der Waals surface area contributed by atoms with E-state index < -0.39 is 0 Å². The monoisotopic (exact) mass is 295 g/mol. The van der Waals surface area contributed by atoms with Crippen LogP contribution in [-0.4, -0.2) is 24.5 Å². The lowest BCUT2D eigenvalue weighted by Crippen LogP contribution is -2.25. The Morgan fingerprint density at radius 2 is 2.26 bits per heavy atom. The number of thiophene rings is 1. The van der Waals surface area contributed by atoms with Crippen LogP contribution in [0.4, 0.5) is 5.82 Å². The maximum Gasteiger partial charge on any atom is 0.251 e. The van der Waals surface area contributed by atoms with Gasteiger partial charge in [-0.3, -0.25) is 4.79 Å². The molecule has 0 radical (unpaired) electrons. The molecule has 1 amide bonds. The fourth-order valence-corrected chi connectivity index (χ4v) is 2.68. The van der Waals surface area contributed by atoms with Gasteiger partial charge in [-0.1, -0.05) is 11.6 Å². The van der Waals surface area contributed by atoms with Crippen LogP contribution in [-0.2, 0) is 6.42 Å². The number of carbonyl (C=O) groups excluding carboxylic acids is 1. The molecular weight excluding hydrogens is 282 g/mol. The molecule has 4 nitrogen and oxygen atoms in total. The van der Waals surface area contributed by atoms with Crippen molar-refractivity contribution in [2.45, 2.75) is 6.42 Å². The average Bonchev–Trinajstić information content (AvgIpc) is 2.84. The highest BCUT2D eigenvalue weighted by Gasteiger charge is 2.06. The summed E-state index contributed by atoms with van der Waals surface area (Å²) in [4.78, 5) is 17.1. The van der Waals surface area contributed by atoms with Crippen molar-refractivity contribution in [3.8, 4) is 0 Å². The van der Waals surface area contributed by atoms with E-state index in [9.17, 15) is 4.79 Å².